The van der Waals surface area contributed by atoms with E-state index in [9.17, 15) is 0 Å². The molecule has 0 bridgehead atoms. The largest absolute Gasteiger partial charge is 0.376 e. The number of rotatable bonds is 7. The van der Waals surface area contributed by atoms with Crippen LogP contribution < -0.4 is 5.32 Å². The van der Waals surface area contributed by atoms with Crippen LogP contribution in [0.25, 0.3) is 0 Å². The van der Waals surface area contributed by atoms with Crippen molar-refractivity contribution >= 4 is 15.9 Å². The highest BCUT2D eigenvalue weighted by atomic mass is 79.9. The molecule has 0 amide bonds. The van der Waals surface area contributed by atoms with Crippen LogP contribution in [-0.2, 0) is 11.8 Å². The molecule has 1 aromatic rings. The van der Waals surface area contributed by atoms with Gasteiger partial charge in [0.15, 0.2) is 4.60 Å². The molecule has 0 radical (unpaired) electrons. The van der Waals surface area contributed by atoms with Gasteiger partial charge in [-0.2, -0.15) is 0 Å². The molecule has 0 fully saturated rings. The van der Waals surface area contributed by atoms with Gasteiger partial charge in [0.2, 0.25) is 0 Å². The van der Waals surface area contributed by atoms with Crippen LogP contribution in [-0.4, -0.2) is 34.2 Å². The van der Waals surface area contributed by atoms with Gasteiger partial charge in [-0.05, 0) is 41.2 Å². The topological polar surface area (TPSA) is 52.0 Å². The summed E-state index contributed by atoms with van der Waals surface area (Å²) in [7, 11) is 1.92. The lowest BCUT2D eigenvalue weighted by Crippen LogP contribution is -2.43. The molecule has 2 atom stereocenters. The standard InChI is InChI=1S/C14H27BrN4O/c1-7-9-16-10(11-13(15)17-18-19(11)6)12(20-8-2)14(3,4)5/h10,12,16H,7-9H2,1-6H3. The maximum atomic E-state index is 6.05. The molecule has 5 nitrogen and oxygen atoms in total. The van der Waals surface area contributed by atoms with E-state index in [1.807, 2.05) is 18.7 Å². The van der Waals surface area contributed by atoms with Gasteiger partial charge in [-0.3, -0.25) is 0 Å². The summed E-state index contributed by atoms with van der Waals surface area (Å²) in [5.41, 5.74) is 1.05. The predicted molar refractivity (Wildman–Crippen MR) is 84.6 cm³/mol. The van der Waals surface area contributed by atoms with Crippen molar-refractivity contribution in [3.63, 3.8) is 0 Å². The highest BCUT2D eigenvalue weighted by Crippen LogP contribution is 2.34. The van der Waals surface area contributed by atoms with Gasteiger partial charge in [0, 0.05) is 13.7 Å². The van der Waals surface area contributed by atoms with E-state index >= 15 is 0 Å². The lowest BCUT2D eigenvalue weighted by atomic mass is 9.83. The van der Waals surface area contributed by atoms with E-state index in [1.54, 1.807) is 0 Å². The summed E-state index contributed by atoms with van der Waals surface area (Å²) in [4.78, 5) is 0. The summed E-state index contributed by atoms with van der Waals surface area (Å²) < 4.78 is 8.64. The molecule has 116 valence electrons. The van der Waals surface area contributed by atoms with E-state index in [2.05, 4.69) is 59.3 Å². The number of hydrogen-bond donors (Lipinski definition) is 1. The molecule has 2 unspecified atom stereocenters. The fourth-order valence-corrected chi connectivity index (χ4v) is 2.92. The van der Waals surface area contributed by atoms with Crippen molar-refractivity contribution in [3.8, 4) is 0 Å². The van der Waals surface area contributed by atoms with Crippen LogP contribution in [0.2, 0.25) is 0 Å². The van der Waals surface area contributed by atoms with E-state index in [1.165, 1.54) is 0 Å². The minimum atomic E-state index is 0.0190. The first-order valence-corrected chi connectivity index (χ1v) is 8.02. The zero-order valence-corrected chi connectivity index (χ0v) is 15.0. The molecule has 0 spiro atoms. The number of aromatic nitrogens is 3. The Morgan fingerprint density at radius 2 is 2.00 bits per heavy atom. The Kier molecular flexibility index (Phi) is 6.61. The third-order valence-corrected chi connectivity index (χ3v) is 3.80. The van der Waals surface area contributed by atoms with E-state index in [0.29, 0.717) is 6.61 Å². The third kappa shape index (κ3) is 4.27. The van der Waals surface area contributed by atoms with Gasteiger partial charge in [-0.25, -0.2) is 4.68 Å². The van der Waals surface area contributed by atoms with E-state index < -0.39 is 0 Å². The molecule has 0 aliphatic heterocycles. The summed E-state index contributed by atoms with van der Waals surface area (Å²) in [6, 6.07) is 0.0595. The molecular weight excluding hydrogens is 320 g/mol. The fourth-order valence-electron chi connectivity index (χ4n) is 2.34. The molecule has 6 heteroatoms. The molecule has 1 N–H and O–H groups in total. The van der Waals surface area contributed by atoms with Gasteiger partial charge in [0.25, 0.3) is 0 Å². The molecule has 1 rings (SSSR count). The molecule has 20 heavy (non-hydrogen) atoms. The second kappa shape index (κ2) is 7.52. The third-order valence-electron chi connectivity index (χ3n) is 3.24. The maximum Gasteiger partial charge on any atom is 0.153 e. The lowest BCUT2D eigenvalue weighted by molar-refractivity contribution is -0.0383. The van der Waals surface area contributed by atoms with Gasteiger partial charge >= 0.3 is 0 Å². The first-order valence-electron chi connectivity index (χ1n) is 7.22. The Labute approximate surface area is 130 Å². The van der Waals surface area contributed by atoms with Crippen molar-refractivity contribution in [3.05, 3.63) is 10.3 Å². The van der Waals surface area contributed by atoms with Crippen molar-refractivity contribution in [1.82, 2.24) is 20.3 Å². The molecule has 0 saturated carbocycles. The van der Waals surface area contributed by atoms with Crippen LogP contribution in [0.5, 0.6) is 0 Å². The number of aryl methyl sites for hydroxylation is 1. The Morgan fingerprint density at radius 1 is 1.35 bits per heavy atom. The Bertz CT molecular complexity index is 394. The molecule has 0 aromatic carbocycles. The second-order valence-electron chi connectivity index (χ2n) is 6.06. The number of halogens is 1. The highest BCUT2D eigenvalue weighted by molar-refractivity contribution is 9.10. The van der Waals surface area contributed by atoms with Crippen molar-refractivity contribution in [2.75, 3.05) is 13.2 Å². The van der Waals surface area contributed by atoms with Gasteiger partial charge in [0.1, 0.15) is 0 Å². The fraction of sp³-hybridized carbons (Fsp3) is 0.857. The summed E-state index contributed by atoms with van der Waals surface area (Å²) >= 11 is 3.51. The van der Waals surface area contributed by atoms with Crippen LogP contribution in [0.3, 0.4) is 0 Å². The average Bonchev–Trinajstić information content (AvgIpc) is 2.68. The molecule has 1 heterocycles. The number of hydrogen-bond acceptors (Lipinski definition) is 4. The monoisotopic (exact) mass is 346 g/mol. The van der Waals surface area contributed by atoms with Crippen molar-refractivity contribution in [2.45, 2.75) is 53.2 Å². The average molecular weight is 347 g/mol. The van der Waals surface area contributed by atoms with Gasteiger partial charge in [0.05, 0.1) is 17.8 Å². The molecule has 0 aliphatic rings. The predicted octanol–water partition coefficient (Wildman–Crippen LogP) is 3.07. The van der Waals surface area contributed by atoms with Crippen LogP contribution in [0, 0.1) is 5.41 Å². The molecular formula is C14H27BrN4O. The second-order valence-corrected chi connectivity index (χ2v) is 6.81. The Balaban J connectivity index is 3.15. The first-order chi connectivity index (χ1) is 9.32. The maximum absolute atomic E-state index is 6.05. The Hall–Kier alpha value is -0.460. The van der Waals surface area contributed by atoms with Crippen molar-refractivity contribution in [1.29, 1.82) is 0 Å². The van der Waals surface area contributed by atoms with Gasteiger partial charge in [-0.1, -0.05) is 32.9 Å². The zero-order chi connectivity index (χ0) is 15.3. The van der Waals surface area contributed by atoms with E-state index in [-0.39, 0.29) is 17.6 Å². The van der Waals surface area contributed by atoms with Crippen LogP contribution in [0.1, 0.15) is 52.8 Å². The number of ether oxygens (including phenoxy) is 1. The van der Waals surface area contributed by atoms with Crippen LogP contribution in [0.15, 0.2) is 4.60 Å². The van der Waals surface area contributed by atoms with Gasteiger partial charge < -0.3 is 10.1 Å². The summed E-state index contributed by atoms with van der Waals surface area (Å²) in [5, 5.41) is 11.8. The smallest absolute Gasteiger partial charge is 0.153 e. The first kappa shape index (κ1) is 17.6. The van der Waals surface area contributed by atoms with Crippen molar-refractivity contribution < 1.29 is 4.74 Å². The minimum absolute atomic E-state index is 0.0190. The zero-order valence-electron chi connectivity index (χ0n) is 13.4. The summed E-state index contributed by atoms with van der Waals surface area (Å²) in [5.74, 6) is 0. The molecule has 0 saturated heterocycles. The Morgan fingerprint density at radius 3 is 2.40 bits per heavy atom. The minimum Gasteiger partial charge on any atom is -0.376 e. The number of nitrogens with zero attached hydrogens (tertiary/aromatic N) is 3. The summed E-state index contributed by atoms with van der Waals surface area (Å²) in [6.07, 6.45) is 1.12. The lowest BCUT2D eigenvalue weighted by Gasteiger charge is -2.37. The highest BCUT2D eigenvalue weighted by Gasteiger charge is 2.36. The van der Waals surface area contributed by atoms with Gasteiger partial charge in [-0.15, -0.1) is 5.10 Å². The van der Waals surface area contributed by atoms with Crippen LogP contribution in [0.4, 0.5) is 0 Å². The van der Waals surface area contributed by atoms with E-state index in [4.69, 9.17) is 4.74 Å². The van der Waals surface area contributed by atoms with Crippen molar-refractivity contribution in [2.24, 2.45) is 12.5 Å². The normalized spacial score (nSPS) is 15.3. The quantitative estimate of drug-likeness (QED) is 0.824. The molecule has 1 aromatic heterocycles. The summed E-state index contributed by atoms with van der Waals surface area (Å²) in [6.45, 7) is 12.4. The van der Waals surface area contributed by atoms with Crippen LogP contribution >= 0.6 is 15.9 Å². The molecule has 0 aliphatic carbocycles. The van der Waals surface area contributed by atoms with E-state index in [0.717, 1.165) is 23.3 Å². The number of nitrogens with one attached hydrogen (secondary N) is 1. The SMILES string of the molecule is CCCNC(c1c(Br)nnn1C)C(OCC)C(C)(C)C.